The summed E-state index contributed by atoms with van der Waals surface area (Å²) < 4.78 is 38.3. The van der Waals surface area contributed by atoms with E-state index in [4.69, 9.17) is 9.47 Å². The molecular formula is C22H25N3O5S. The SMILES string of the molecule is COc1ccc(OC)c(S(=O)(=O)N2CCN(C(=O)c3c(C)[nH]c4ccccc34)CC2)c1. The molecule has 2 heterocycles. The fraction of sp³-hybridized carbons (Fsp3) is 0.318. The van der Waals surface area contributed by atoms with E-state index >= 15 is 0 Å². The molecular weight excluding hydrogens is 418 g/mol. The Balaban J connectivity index is 1.55. The Morgan fingerprint density at radius 3 is 2.39 bits per heavy atom. The zero-order valence-corrected chi connectivity index (χ0v) is 18.5. The molecule has 3 aromatic rings. The second kappa shape index (κ2) is 8.24. The van der Waals surface area contributed by atoms with Gasteiger partial charge in [-0.05, 0) is 25.1 Å². The number of sulfonamides is 1. The van der Waals surface area contributed by atoms with Crippen LogP contribution in [0.5, 0.6) is 11.5 Å². The minimum atomic E-state index is -3.80. The number of hydrogen-bond donors (Lipinski definition) is 1. The first-order valence-electron chi connectivity index (χ1n) is 9.95. The van der Waals surface area contributed by atoms with Crippen molar-refractivity contribution in [2.75, 3.05) is 40.4 Å². The quantitative estimate of drug-likeness (QED) is 0.655. The number of piperazine rings is 1. The predicted octanol–water partition coefficient (Wildman–Crippen LogP) is 2.64. The van der Waals surface area contributed by atoms with Crippen LogP contribution in [0.25, 0.3) is 10.9 Å². The van der Waals surface area contributed by atoms with E-state index in [1.54, 1.807) is 17.0 Å². The number of carbonyl (C=O) groups excluding carboxylic acids is 1. The maximum absolute atomic E-state index is 13.3. The van der Waals surface area contributed by atoms with E-state index < -0.39 is 10.0 Å². The second-order valence-electron chi connectivity index (χ2n) is 7.38. The fourth-order valence-electron chi connectivity index (χ4n) is 3.97. The number of para-hydroxylation sites is 1. The van der Waals surface area contributed by atoms with Crippen molar-refractivity contribution in [3.05, 3.63) is 53.7 Å². The molecule has 164 valence electrons. The normalized spacial score (nSPS) is 15.3. The third-order valence-electron chi connectivity index (χ3n) is 5.62. The molecule has 0 bridgehead atoms. The summed E-state index contributed by atoms with van der Waals surface area (Å²) in [5.41, 5.74) is 2.36. The summed E-state index contributed by atoms with van der Waals surface area (Å²) in [5.74, 6) is 0.600. The van der Waals surface area contributed by atoms with Gasteiger partial charge in [-0.15, -0.1) is 0 Å². The van der Waals surface area contributed by atoms with Crippen molar-refractivity contribution in [1.29, 1.82) is 0 Å². The van der Waals surface area contributed by atoms with E-state index in [9.17, 15) is 13.2 Å². The van der Waals surface area contributed by atoms with Crippen LogP contribution in [0.15, 0.2) is 47.4 Å². The summed E-state index contributed by atoms with van der Waals surface area (Å²) in [6, 6.07) is 12.4. The van der Waals surface area contributed by atoms with E-state index in [0.717, 1.165) is 16.6 Å². The van der Waals surface area contributed by atoms with Crippen molar-refractivity contribution in [3.63, 3.8) is 0 Å². The molecule has 0 radical (unpaired) electrons. The Bertz CT molecular complexity index is 1230. The molecule has 4 rings (SSSR count). The molecule has 1 fully saturated rings. The molecule has 0 unspecified atom stereocenters. The summed E-state index contributed by atoms with van der Waals surface area (Å²) in [5, 5.41) is 0.876. The Morgan fingerprint density at radius 1 is 1.00 bits per heavy atom. The van der Waals surface area contributed by atoms with Gasteiger partial charge in [0, 0.05) is 48.8 Å². The number of H-pyrrole nitrogens is 1. The minimum Gasteiger partial charge on any atom is -0.497 e. The molecule has 0 saturated carbocycles. The Hall–Kier alpha value is -3.04. The van der Waals surface area contributed by atoms with Crippen molar-refractivity contribution in [1.82, 2.24) is 14.2 Å². The summed E-state index contributed by atoms with van der Waals surface area (Å²) in [7, 11) is -0.886. The van der Waals surface area contributed by atoms with Crippen molar-refractivity contribution < 1.29 is 22.7 Å². The van der Waals surface area contributed by atoms with E-state index in [-0.39, 0.29) is 29.6 Å². The van der Waals surface area contributed by atoms with Gasteiger partial charge in [0.2, 0.25) is 10.0 Å². The first kappa shape index (κ1) is 21.2. The topological polar surface area (TPSA) is 91.9 Å². The fourth-order valence-corrected chi connectivity index (χ4v) is 5.56. The van der Waals surface area contributed by atoms with E-state index in [2.05, 4.69) is 4.98 Å². The number of nitrogens with zero attached hydrogens (tertiary/aromatic N) is 2. The highest BCUT2D eigenvalue weighted by atomic mass is 32.2. The van der Waals surface area contributed by atoms with Gasteiger partial charge in [0.05, 0.1) is 19.8 Å². The van der Waals surface area contributed by atoms with Crippen molar-refractivity contribution in [3.8, 4) is 11.5 Å². The van der Waals surface area contributed by atoms with Crippen LogP contribution >= 0.6 is 0 Å². The third-order valence-corrected chi connectivity index (χ3v) is 7.54. The van der Waals surface area contributed by atoms with Crippen LogP contribution < -0.4 is 9.47 Å². The molecule has 1 aliphatic rings. The molecule has 0 spiro atoms. The van der Waals surface area contributed by atoms with Crippen LogP contribution in [0.3, 0.4) is 0 Å². The van der Waals surface area contributed by atoms with Gasteiger partial charge >= 0.3 is 0 Å². The number of aromatic amines is 1. The van der Waals surface area contributed by atoms with Crippen LogP contribution in [0.2, 0.25) is 0 Å². The molecule has 9 heteroatoms. The van der Waals surface area contributed by atoms with Gasteiger partial charge in [0.15, 0.2) is 0 Å². The smallest absolute Gasteiger partial charge is 0.256 e. The minimum absolute atomic E-state index is 0.0570. The van der Waals surface area contributed by atoms with Crippen LogP contribution in [-0.4, -0.2) is 68.9 Å². The highest BCUT2D eigenvalue weighted by Gasteiger charge is 2.33. The number of aryl methyl sites for hydroxylation is 1. The number of hydrogen-bond acceptors (Lipinski definition) is 5. The van der Waals surface area contributed by atoms with Crippen molar-refractivity contribution in [2.24, 2.45) is 0 Å². The number of benzene rings is 2. The third kappa shape index (κ3) is 3.75. The molecule has 0 atom stereocenters. The number of amides is 1. The molecule has 1 N–H and O–H groups in total. The van der Waals surface area contributed by atoms with Gasteiger partial charge < -0.3 is 19.4 Å². The summed E-state index contributed by atoms with van der Waals surface area (Å²) in [6.07, 6.45) is 0. The number of methoxy groups -OCH3 is 2. The zero-order chi connectivity index (χ0) is 22.2. The molecule has 1 aliphatic heterocycles. The van der Waals surface area contributed by atoms with Crippen LogP contribution in [0.1, 0.15) is 16.1 Å². The summed E-state index contributed by atoms with van der Waals surface area (Å²) in [6.45, 7) is 2.90. The van der Waals surface area contributed by atoms with Crippen LogP contribution in [0, 0.1) is 6.92 Å². The zero-order valence-electron chi connectivity index (χ0n) is 17.7. The number of aromatic nitrogens is 1. The van der Waals surface area contributed by atoms with Crippen LogP contribution in [0.4, 0.5) is 0 Å². The number of ether oxygens (including phenoxy) is 2. The van der Waals surface area contributed by atoms with Gasteiger partial charge in [-0.1, -0.05) is 18.2 Å². The Labute approximate surface area is 181 Å². The van der Waals surface area contributed by atoms with Gasteiger partial charge in [0.1, 0.15) is 16.4 Å². The summed E-state index contributed by atoms with van der Waals surface area (Å²) in [4.78, 5) is 18.2. The van der Waals surface area contributed by atoms with Crippen molar-refractivity contribution >= 4 is 26.8 Å². The highest BCUT2D eigenvalue weighted by Crippen LogP contribution is 2.31. The monoisotopic (exact) mass is 443 g/mol. The maximum Gasteiger partial charge on any atom is 0.256 e. The lowest BCUT2D eigenvalue weighted by molar-refractivity contribution is 0.0699. The average Bonchev–Trinajstić information content (AvgIpc) is 3.13. The number of nitrogens with one attached hydrogen (secondary N) is 1. The van der Waals surface area contributed by atoms with E-state index in [1.807, 2.05) is 31.2 Å². The Morgan fingerprint density at radius 2 is 1.71 bits per heavy atom. The summed E-state index contributed by atoms with van der Waals surface area (Å²) >= 11 is 0. The number of rotatable bonds is 5. The largest absolute Gasteiger partial charge is 0.497 e. The number of carbonyl (C=O) groups is 1. The molecule has 2 aromatic carbocycles. The molecule has 1 saturated heterocycles. The lowest BCUT2D eigenvalue weighted by Crippen LogP contribution is -2.50. The second-order valence-corrected chi connectivity index (χ2v) is 9.29. The predicted molar refractivity (Wildman–Crippen MR) is 117 cm³/mol. The van der Waals surface area contributed by atoms with Crippen molar-refractivity contribution in [2.45, 2.75) is 11.8 Å². The lowest BCUT2D eigenvalue weighted by Gasteiger charge is -2.34. The first-order valence-corrected chi connectivity index (χ1v) is 11.4. The lowest BCUT2D eigenvalue weighted by atomic mass is 10.1. The van der Waals surface area contributed by atoms with E-state index in [0.29, 0.717) is 24.4 Å². The standard InChI is InChI=1S/C22H25N3O5S/c1-15-21(17-6-4-5-7-18(17)23-15)22(26)24-10-12-25(13-11-24)31(27,28)20-14-16(29-2)8-9-19(20)30-3/h4-9,14,23H,10-13H2,1-3H3. The molecule has 1 amide bonds. The average molecular weight is 444 g/mol. The van der Waals surface area contributed by atoms with Gasteiger partial charge in [-0.3, -0.25) is 4.79 Å². The Kier molecular flexibility index (Phi) is 5.63. The first-order chi connectivity index (χ1) is 14.9. The number of fused-ring (bicyclic) bond motifs is 1. The van der Waals surface area contributed by atoms with Gasteiger partial charge in [0.25, 0.3) is 5.91 Å². The highest BCUT2D eigenvalue weighted by molar-refractivity contribution is 7.89. The van der Waals surface area contributed by atoms with E-state index in [1.165, 1.54) is 24.6 Å². The molecule has 8 nitrogen and oxygen atoms in total. The van der Waals surface area contributed by atoms with Gasteiger partial charge in [-0.25, -0.2) is 8.42 Å². The molecule has 31 heavy (non-hydrogen) atoms. The van der Waals surface area contributed by atoms with Gasteiger partial charge in [-0.2, -0.15) is 4.31 Å². The molecule has 0 aliphatic carbocycles. The van der Waals surface area contributed by atoms with Crippen LogP contribution in [-0.2, 0) is 10.0 Å². The molecule has 1 aromatic heterocycles. The maximum atomic E-state index is 13.3.